The van der Waals surface area contributed by atoms with Crippen molar-refractivity contribution in [1.82, 2.24) is 10.3 Å². The third kappa shape index (κ3) is 3.06. The summed E-state index contributed by atoms with van der Waals surface area (Å²) in [6.45, 7) is 3.25. The lowest BCUT2D eigenvalue weighted by Crippen LogP contribution is -2.53. The zero-order chi connectivity index (χ0) is 12.5. The molecule has 1 amide bonds. The average molecular weight is 320 g/mol. The fourth-order valence-corrected chi connectivity index (χ4v) is 3.77. The minimum atomic E-state index is -0.305. The van der Waals surface area contributed by atoms with Gasteiger partial charge in [0.05, 0.1) is 18.2 Å². The molecule has 0 aromatic carbocycles. The molecule has 1 aliphatic heterocycles. The zero-order valence-electron chi connectivity index (χ0n) is 10.2. The third-order valence-corrected chi connectivity index (χ3v) is 4.87. The first-order valence-corrected chi connectivity index (χ1v) is 7.43. The summed E-state index contributed by atoms with van der Waals surface area (Å²) in [7, 11) is 0. The number of hydrogen-bond donors (Lipinski definition) is 2. The number of thiazole rings is 1. The topological polar surface area (TPSA) is 63.2 Å². The summed E-state index contributed by atoms with van der Waals surface area (Å²) in [5.74, 6) is -0.0800. The molecule has 1 saturated heterocycles. The van der Waals surface area contributed by atoms with Crippen molar-refractivity contribution in [2.24, 2.45) is 0 Å². The zero-order valence-corrected chi connectivity index (χ0v) is 12.7. The number of halogens is 1. The highest BCUT2D eigenvalue weighted by Crippen LogP contribution is 2.30. The average Bonchev–Trinajstić information content (AvgIpc) is 2.90. The van der Waals surface area contributed by atoms with Gasteiger partial charge in [-0.15, -0.1) is 23.7 Å². The Bertz CT molecular complexity index is 543. The van der Waals surface area contributed by atoms with Crippen molar-refractivity contribution in [2.75, 3.05) is 18.5 Å². The van der Waals surface area contributed by atoms with Gasteiger partial charge in [-0.2, -0.15) is 0 Å². The van der Waals surface area contributed by atoms with Crippen molar-refractivity contribution in [3.63, 3.8) is 0 Å². The van der Waals surface area contributed by atoms with E-state index in [4.69, 9.17) is 4.74 Å². The molecule has 0 radical (unpaired) electrons. The predicted molar refractivity (Wildman–Crippen MR) is 80.6 cm³/mol. The Morgan fingerprint density at radius 1 is 1.63 bits per heavy atom. The van der Waals surface area contributed by atoms with Crippen LogP contribution in [0.4, 0.5) is 5.13 Å². The summed E-state index contributed by atoms with van der Waals surface area (Å²) >= 11 is 3.14. The number of carbonyl (C=O) groups is 1. The van der Waals surface area contributed by atoms with Crippen LogP contribution in [0.2, 0.25) is 0 Å². The van der Waals surface area contributed by atoms with Crippen molar-refractivity contribution in [3.05, 3.63) is 11.4 Å². The molecule has 2 aromatic rings. The van der Waals surface area contributed by atoms with E-state index in [9.17, 15) is 4.79 Å². The fourth-order valence-electron chi connectivity index (χ4n) is 1.93. The molecule has 1 fully saturated rings. The Hall–Kier alpha value is -0.730. The Balaban J connectivity index is 0.00000133. The standard InChI is InChI=1S/C11H13N3O2S2.ClH/c1-6-8(12-3-4-16-6)9(15)14-11-13-7-2-5-17-10(7)18-11;/h2,5-6,8,12H,3-4H2,1H3,(H,13,14,15);1H/t6-,8+;/m1./s1. The molecule has 5 nitrogen and oxygen atoms in total. The van der Waals surface area contributed by atoms with E-state index in [1.165, 1.54) is 11.3 Å². The Labute approximate surface area is 124 Å². The molecule has 2 atom stereocenters. The molecule has 0 bridgehead atoms. The van der Waals surface area contributed by atoms with Gasteiger partial charge >= 0.3 is 0 Å². The summed E-state index contributed by atoms with van der Waals surface area (Å²) in [6, 6.07) is 1.65. The van der Waals surface area contributed by atoms with Crippen molar-refractivity contribution in [3.8, 4) is 0 Å². The number of amides is 1. The maximum atomic E-state index is 12.1. The van der Waals surface area contributed by atoms with Gasteiger partial charge in [-0.05, 0) is 18.4 Å². The van der Waals surface area contributed by atoms with Crippen molar-refractivity contribution >= 4 is 55.6 Å². The number of anilines is 1. The van der Waals surface area contributed by atoms with Gasteiger partial charge in [0.2, 0.25) is 5.91 Å². The quantitative estimate of drug-likeness (QED) is 0.890. The number of morpholine rings is 1. The van der Waals surface area contributed by atoms with Crippen LogP contribution in [0.3, 0.4) is 0 Å². The van der Waals surface area contributed by atoms with Gasteiger partial charge in [0.1, 0.15) is 10.1 Å². The van der Waals surface area contributed by atoms with Crippen LogP contribution in [0.15, 0.2) is 11.4 Å². The predicted octanol–water partition coefficient (Wildman–Crippen LogP) is 2.09. The molecule has 2 N–H and O–H groups in total. The summed E-state index contributed by atoms with van der Waals surface area (Å²) in [4.78, 5) is 16.5. The second kappa shape index (κ2) is 6.15. The second-order valence-electron chi connectivity index (χ2n) is 4.11. The first kappa shape index (κ1) is 14.7. The lowest BCUT2D eigenvalue weighted by Gasteiger charge is -2.28. The van der Waals surface area contributed by atoms with Crippen LogP contribution in [0.5, 0.6) is 0 Å². The molecule has 3 rings (SSSR count). The van der Waals surface area contributed by atoms with Crippen molar-refractivity contribution in [1.29, 1.82) is 0 Å². The largest absolute Gasteiger partial charge is 0.375 e. The molecule has 0 saturated carbocycles. The highest BCUT2D eigenvalue weighted by Gasteiger charge is 2.28. The van der Waals surface area contributed by atoms with E-state index in [1.807, 2.05) is 18.4 Å². The number of carbonyl (C=O) groups excluding carboxylic acids is 1. The molecule has 104 valence electrons. The normalized spacial score (nSPS) is 23.0. The minimum absolute atomic E-state index is 0. The van der Waals surface area contributed by atoms with Crippen molar-refractivity contribution in [2.45, 2.75) is 19.1 Å². The van der Waals surface area contributed by atoms with Crippen molar-refractivity contribution < 1.29 is 9.53 Å². The molecule has 0 aliphatic carbocycles. The van der Waals surface area contributed by atoms with E-state index < -0.39 is 0 Å². The van der Waals surface area contributed by atoms with Gasteiger partial charge in [-0.3, -0.25) is 4.79 Å². The van der Waals surface area contributed by atoms with Gasteiger partial charge < -0.3 is 15.4 Å². The van der Waals surface area contributed by atoms with Gasteiger partial charge in [0.15, 0.2) is 5.13 Å². The summed E-state index contributed by atoms with van der Waals surface area (Å²) < 4.78 is 6.59. The maximum Gasteiger partial charge on any atom is 0.245 e. The number of fused-ring (bicyclic) bond motifs is 1. The number of thiophene rings is 1. The van der Waals surface area contributed by atoms with Crippen LogP contribution in [0, 0.1) is 0 Å². The molecule has 0 spiro atoms. The first-order chi connectivity index (χ1) is 8.74. The number of nitrogens with zero attached hydrogens (tertiary/aromatic N) is 1. The van der Waals surface area contributed by atoms with Crippen LogP contribution in [0.25, 0.3) is 9.53 Å². The smallest absolute Gasteiger partial charge is 0.245 e. The van der Waals surface area contributed by atoms with E-state index in [0.29, 0.717) is 18.3 Å². The number of hydrogen-bond acceptors (Lipinski definition) is 6. The second-order valence-corrected chi connectivity index (χ2v) is 6.28. The number of aromatic nitrogens is 1. The van der Waals surface area contributed by atoms with E-state index in [-0.39, 0.29) is 30.5 Å². The monoisotopic (exact) mass is 319 g/mol. The van der Waals surface area contributed by atoms with Crippen LogP contribution in [-0.4, -0.2) is 36.2 Å². The molecule has 1 aliphatic rings. The first-order valence-electron chi connectivity index (χ1n) is 5.74. The van der Waals surface area contributed by atoms with Gasteiger partial charge in [-0.25, -0.2) is 4.98 Å². The van der Waals surface area contributed by atoms with Crippen LogP contribution < -0.4 is 10.6 Å². The molecule has 0 unspecified atom stereocenters. The van der Waals surface area contributed by atoms with Crippen LogP contribution in [-0.2, 0) is 9.53 Å². The Morgan fingerprint density at radius 3 is 3.21 bits per heavy atom. The van der Waals surface area contributed by atoms with Crippen LogP contribution >= 0.6 is 35.1 Å². The van der Waals surface area contributed by atoms with Gasteiger partial charge in [0.25, 0.3) is 0 Å². The molecule has 19 heavy (non-hydrogen) atoms. The minimum Gasteiger partial charge on any atom is -0.375 e. The molecular weight excluding hydrogens is 306 g/mol. The van der Waals surface area contributed by atoms with E-state index in [2.05, 4.69) is 15.6 Å². The molecule has 8 heteroatoms. The van der Waals surface area contributed by atoms with Gasteiger partial charge in [-0.1, -0.05) is 11.3 Å². The third-order valence-electron chi connectivity index (χ3n) is 2.85. The highest BCUT2D eigenvalue weighted by molar-refractivity contribution is 7.39. The Kier molecular flexibility index (Phi) is 4.75. The van der Waals surface area contributed by atoms with E-state index in [0.717, 1.165) is 9.53 Å². The SMILES string of the molecule is C[C@H]1OCCN[C@@H]1C(=O)Nc1nc2ccsc2s1.Cl. The lowest BCUT2D eigenvalue weighted by atomic mass is 10.1. The maximum absolute atomic E-state index is 12.1. The highest BCUT2D eigenvalue weighted by atomic mass is 35.5. The summed E-state index contributed by atoms with van der Waals surface area (Å²) in [5, 5.41) is 8.66. The molecular formula is C11H14ClN3O2S2. The van der Waals surface area contributed by atoms with E-state index >= 15 is 0 Å². The summed E-state index contributed by atoms with van der Waals surface area (Å²) in [6.07, 6.45) is -0.111. The molecule has 3 heterocycles. The number of ether oxygens (including phenoxy) is 1. The van der Waals surface area contributed by atoms with Crippen LogP contribution in [0.1, 0.15) is 6.92 Å². The number of nitrogens with one attached hydrogen (secondary N) is 2. The van der Waals surface area contributed by atoms with Gasteiger partial charge in [0, 0.05) is 6.54 Å². The fraction of sp³-hybridized carbons (Fsp3) is 0.455. The molecule has 2 aromatic heterocycles. The number of rotatable bonds is 2. The lowest BCUT2D eigenvalue weighted by molar-refractivity contribution is -0.123. The van der Waals surface area contributed by atoms with E-state index in [1.54, 1.807) is 11.3 Å². The summed E-state index contributed by atoms with van der Waals surface area (Å²) in [5.41, 5.74) is 0.946. The Morgan fingerprint density at radius 2 is 2.47 bits per heavy atom.